The Morgan fingerprint density at radius 3 is 2.13 bits per heavy atom. The van der Waals surface area contributed by atoms with Crippen molar-refractivity contribution >= 4 is 6.09 Å². The second-order valence-electron chi connectivity index (χ2n) is 5.25. The second kappa shape index (κ2) is 8.92. The summed E-state index contributed by atoms with van der Waals surface area (Å²) < 4.78 is 5.15. The smallest absolute Gasteiger partial charge is 0.407 e. The van der Waals surface area contributed by atoms with Gasteiger partial charge in [0, 0.05) is 0 Å². The molecular formula is C18H21NO4. The molecule has 5 heteroatoms. The molecule has 1 amide bonds. The molecule has 5 nitrogen and oxygen atoms in total. The average molecular weight is 315 g/mol. The molecule has 0 spiro atoms. The molecule has 0 saturated carbocycles. The Bertz CT molecular complexity index is 588. The summed E-state index contributed by atoms with van der Waals surface area (Å²) in [5.74, 6) is 0. The SMILES string of the molecule is O=C(N[C@H](Cc1ccccc1)[C@H](O)CO)OCc1ccccc1. The second-order valence-corrected chi connectivity index (χ2v) is 5.25. The molecule has 0 fully saturated rings. The standard InChI is InChI=1S/C18H21NO4/c20-12-17(21)16(11-14-7-3-1-4-8-14)19-18(22)23-13-15-9-5-2-6-10-15/h1-10,16-17,20-21H,11-13H2,(H,19,22)/t16-,17-/m1/s1. The lowest BCUT2D eigenvalue weighted by molar-refractivity contribution is 0.0574. The zero-order valence-corrected chi connectivity index (χ0v) is 12.8. The first-order valence-electron chi connectivity index (χ1n) is 7.49. The molecule has 0 bridgehead atoms. The van der Waals surface area contributed by atoms with E-state index in [-0.39, 0.29) is 6.61 Å². The van der Waals surface area contributed by atoms with E-state index in [9.17, 15) is 9.90 Å². The van der Waals surface area contributed by atoms with Crippen LogP contribution in [0, 0.1) is 0 Å². The summed E-state index contributed by atoms with van der Waals surface area (Å²) in [6.45, 7) is -0.281. The predicted octanol–water partition coefficient (Wildman–Crippen LogP) is 1.88. The minimum atomic E-state index is -1.06. The van der Waals surface area contributed by atoms with Gasteiger partial charge in [0.25, 0.3) is 0 Å². The Labute approximate surface area is 135 Å². The van der Waals surface area contributed by atoms with E-state index in [1.807, 2.05) is 60.7 Å². The molecular weight excluding hydrogens is 294 g/mol. The van der Waals surface area contributed by atoms with E-state index in [0.29, 0.717) is 6.42 Å². The molecule has 0 heterocycles. The summed E-state index contributed by atoms with van der Waals surface area (Å²) in [7, 11) is 0. The number of amides is 1. The van der Waals surface area contributed by atoms with Crippen LogP contribution < -0.4 is 5.32 Å². The lowest BCUT2D eigenvalue weighted by Gasteiger charge is -2.22. The van der Waals surface area contributed by atoms with Crippen LogP contribution in [0.25, 0.3) is 0 Å². The molecule has 0 aliphatic carbocycles. The molecule has 0 aliphatic heterocycles. The van der Waals surface area contributed by atoms with Gasteiger partial charge in [-0.2, -0.15) is 0 Å². The third kappa shape index (κ3) is 5.73. The summed E-state index contributed by atoms with van der Waals surface area (Å²) in [5, 5.41) is 21.7. The third-order valence-electron chi connectivity index (χ3n) is 3.47. The maximum Gasteiger partial charge on any atom is 0.407 e. The Morgan fingerprint density at radius 2 is 1.57 bits per heavy atom. The molecule has 3 N–H and O–H groups in total. The maximum absolute atomic E-state index is 11.9. The quantitative estimate of drug-likeness (QED) is 0.729. The van der Waals surface area contributed by atoms with Crippen LogP contribution in [0.4, 0.5) is 4.79 Å². The molecule has 2 atom stereocenters. The van der Waals surface area contributed by atoms with Crippen LogP contribution in [-0.4, -0.2) is 35.1 Å². The first-order chi connectivity index (χ1) is 11.2. The monoisotopic (exact) mass is 315 g/mol. The lowest BCUT2D eigenvalue weighted by atomic mass is 10.0. The Kier molecular flexibility index (Phi) is 6.59. The van der Waals surface area contributed by atoms with Gasteiger partial charge >= 0.3 is 6.09 Å². The highest BCUT2D eigenvalue weighted by Gasteiger charge is 2.21. The van der Waals surface area contributed by atoms with E-state index in [1.165, 1.54) is 0 Å². The molecule has 0 aromatic heterocycles. The summed E-state index contributed by atoms with van der Waals surface area (Å²) in [5.41, 5.74) is 1.83. The Hall–Kier alpha value is -2.37. The van der Waals surface area contributed by atoms with Gasteiger partial charge < -0.3 is 20.3 Å². The normalized spacial score (nSPS) is 13.1. The van der Waals surface area contributed by atoms with Crippen LogP contribution in [-0.2, 0) is 17.8 Å². The van der Waals surface area contributed by atoms with E-state index >= 15 is 0 Å². The first-order valence-corrected chi connectivity index (χ1v) is 7.49. The number of aliphatic hydroxyl groups excluding tert-OH is 2. The van der Waals surface area contributed by atoms with Crippen molar-refractivity contribution in [3.63, 3.8) is 0 Å². The van der Waals surface area contributed by atoms with Crippen LogP contribution in [0.5, 0.6) is 0 Å². The number of aliphatic hydroxyl groups is 2. The zero-order valence-electron chi connectivity index (χ0n) is 12.8. The van der Waals surface area contributed by atoms with E-state index in [4.69, 9.17) is 9.84 Å². The van der Waals surface area contributed by atoms with Crippen LogP contribution in [0.1, 0.15) is 11.1 Å². The number of nitrogens with one attached hydrogen (secondary N) is 1. The molecule has 122 valence electrons. The van der Waals surface area contributed by atoms with Crippen LogP contribution >= 0.6 is 0 Å². The summed E-state index contributed by atoms with van der Waals surface area (Å²) >= 11 is 0. The number of carbonyl (C=O) groups excluding carboxylic acids is 1. The van der Waals surface area contributed by atoms with Gasteiger partial charge in [0.15, 0.2) is 0 Å². The van der Waals surface area contributed by atoms with Gasteiger partial charge in [-0.15, -0.1) is 0 Å². The number of carbonyl (C=O) groups is 1. The molecule has 0 saturated heterocycles. The minimum Gasteiger partial charge on any atom is -0.445 e. The van der Waals surface area contributed by atoms with Crippen molar-refractivity contribution in [3.05, 3.63) is 71.8 Å². The van der Waals surface area contributed by atoms with Crippen molar-refractivity contribution in [2.75, 3.05) is 6.61 Å². The van der Waals surface area contributed by atoms with Crippen LogP contribution in [0.15, 0.2) is 60.7 Å². The van der Waals surface area contributed by atoms with Gasteiger partial charge in [0.05, 0.1) is 18.8 Å². The molecule has 23 heavy (non-hydrogen) atoms. The fourth-order valence-corrected chi connectivity index (χ4v) is 2.19. The molecule has 0 unspecified atom stereocenters. The highest BCUT2D eigenvalue weighted by atomic mass is 16.5. The lowest BCUT2D eigenvalue weighted by Crippen LogP contribution is -2.46. The number of ether oxygens (including phenoxy) is 1. The third-order valence-corrected chi connectivity index (χ3v) is 3.47. The van der Waals surface area contributed by atoms with E-state index in [0.717, 1.165) is 11.1 Å². The van der Waals surface area contributed by atoms with Crippen molar-refractivity contribution in [2.24, 2.45) is 0 Å². The van der Waals surface area contributed by atoms with Crippen molar-refractivity contribution in [2.45, 2.75) is 25.2 Å². The average Bonchev–Trinajstić information content (AvgIpc) is 2.60. The highest BCUT2D eigenvalue weighted by Crippen LogP contribution is 2.07. The van der Waals surface area contributed by atoms with E-state index in [1.54, 1.807) is 0 Å². The topological polar surface area (TPSA) is 78.8 Å². The van der Waals surface area contributed by atoms with Crippen molar-refractivity contribution in [3.8, 4) is 0 Å². The Morgan fingerprint density at radius 1 is 1.00 bits per heavy atom. The van der Waals surface area contributed by atoms with Gasteiger partial charge in [0.2, 0.25) is 0 Å². The summed E-state index contributed by atoms with van der Waals surface area (Å²) in [6.07, 6.45) is -1.27. The van der Waals surface area contributed by atoms with Gasteiger partial charge in [-0.1, -0.05) is 60.7 Å². The van der Waals surface area contributed by atoms with Crippen LogP contribution in [0.3, 0.4) is 0 Å². The van der Waals surface area contributed by atoms with Gasteiger partial charge in [0.1, 0.15) is 6.61 Å². The number of hydrogen-bond acceptors (Lipinski definition) is 4. The molecule has 2 aromatic rings. The largest absolute Gasteiger partial charge is 0.445 e. The van der Waals surface area contributed by atoms with E-state index < -0.39 is 24.8 Å². The van der Waals surface area contributed by atoms with Crippen molar-refractivity contribution < 1.29 is 19.7 Å². The first kappa shape index (κ1) is 17.0. The fraction of sp³-hybridized carbons (Fsp3) is 0.278. The molecule has 2 aromatic carbocycles. The van der Waals surface area contributed by atoms with Crippen molar-refractivity contribution in [1.29, 1.82) is 0 Å². The number of alkyl carbamates (subject to hydrolysis) is 1. The van der Waals surface area contributed by atoms with Gasteiger partial charge in [-0.05, 0) is 17.5 Å². The van der Waals surface area contributed by atoms with E-state index in [2.05, 4.69) is 5.32 Å². The zero-order chi connectivity index (χ0) is 16.5. The Balaban J connectivity index is 1.90. The minimum absolute atomic E-state index is 0.153. The summed E-state index contributed by atoms with van der Waals surface area (Å²) in [6, 6.07) is 18.2. The van der Waals surface area contributed by atoms with Crippen molar-refractivity contribution in [1.82, 2.24) is 5.32 Å². The number of benzene rings is 2. The molecule has 0 radical (unpaired) electrons. The van der Waals surface area contributed by atoms with Crippen LogP contribution in [0.2, 0.25) is 0 Å². The highest BCUT2D eigenvalue weighted by molar-refractivity contribution is 5.67. The number of rotatable bonds is 7. The summed E-state index contributed by atoms with van der Waals surface area (Å²) in [4.78, 5) is 11.9. The predicted molar refractivity (Wildman–Crippen MR) is 86.8 cm³/mol. The fourth-order valence-electron chi connectivity index (χ4n) is 2.19. The van der Waals surface area contributed by atoms with Gasteiger partial charge in [-0.25, -0.2) is 4.79 Å². The maximum atomic E-state index is 11.9. The number of hydrogen-bond donors (Lipinski definition) is 3. The van der Waals surface area contributed by atoms with Gasteiger partial charge in [-0.3, -0.25) is 0 Å². The molecule has 2 rings (SSSR count). The molecule has 0 aliphatic rings.